The van der Waals surface area contributed by atoms with Crippen LogP contribution < -0.4 is 0 Å². The van der Waals surface area contributed by atoms with Crippen molar-refractivity contribution in [3.63, 3.8) is 0 Å². The minimum absolute atomic E-state index is 0.0175. The molecule has 0 aromatic rings. The van der Waals surface area contributed by atoms with Crippen LogP contribution in [-0.2, 0) is 47.4 Å². The zero-order valence-electron chi connectivity index (χ0n) is 40.0. The molecule has 26 atom stereocenters. The third kappa shape index (κ3) is 12.4. The fourth-order valence-electron chi connectivity index (χ4n) is 11.7. The second-order valence-electron chi connectivity index (χ2n) is 21.1. The van der Waals surface area contributed by atoms with E-state index in [1.165, 1.54) is 6.92 Å². The molecule has 0 bridgehead atoms. The zero-order valence-corrected chi connectivity index (χ0v) is 40.0. The van der Waals surface area contributed by atoms with E-state index in [9.17, 15) is 81.4 Å². The van der Waals surface area contributed by atoms with Crippen LogP contribution in [0.25, 0.3) is 0 Å². The number of carbonyl (C=O) groups excluding carboxylic acids is 1. The normalized spacial score (nSPS) is 52.6. The van der Waals surface area contributed by atoms with Crippen LogP contribution in [0.1, 0.15) is 77.6 Å². The molecule has 0 spiro atoms. The third-order valence-electron chi connectivity index (χ3n) is 16.2. The minimum Gasteiger partial charge on any atom is -0.463 e. The number of aliphatic hydroxyl groups excluding tert-OH is 15. The first-order valence-electron chi connectivity index (χ1n) is 25.4. The summed E-state index contributed by atoms with van der Waals surface area (Å²) in [4.78, 5) is 13.2. The van der Waals surface area contributed by atoms with Gasteiger partial charge in [0.2, 0.25) is 0 Å². The van der Waals surface area contributed by atoms with E-state index in [0.717, 1.165) is 0 Å². The standard InChI is InChI=1S/C46H76O26/c1-16-29(50)33(54)37(58)43(65-16)64-15-28-32(53)36(57)40(61)46(72-28)69-25-12-22-23(49)10-21(11-24(22)68-41(25)17-2-6-19(48)7-3-17)67-45-39(60)35(56)31(52)27(71-45)14-63-42(62)18-4-8-20(9-5-18)66-44-38(59)34(55)30(51)26(13-47)70-44/h16-41,43-61H,2-15H2,1H3/p+1/t16-,17?,18?,19?,20?,21?,22?,23?,24?,25?,26+,27+,28+,29-,30+,31+,32+,33+,34-,35-,36-,37+,38+,39+,40+,41?,43+,44+,45+,46+/m0/s1. The van der Waals surface area contributed by atoms with Gasteiger partial charge in [-0.1, -0.05) is 0 Å². The van der Waals surface area contributed by atoms with Gasteiger partial charge in [-0.05, 0) is 64.7 Å². The van der Waals surface area contributed by atoms with Crippen molar-refractivity contribution in [2.75, 3.05) is 19.8 Å². The Kier molecular flexibility index (Phi) is 19.3. The molecule has 72 heavy (non-hydrogen) atoms. The summed E-state index contributed by atoms with van der Waals surface area (Å²) in [5.74, 6) is -1.84. The van der Waals surface area contributed by atoms with Crippen LogP contribution >= 0.6 is 0 Å². The molecule has 5 saturated heterocycles. The molecule has 8 fully saturated rings. The maximum atomic E-state index is 13.2. The molecular weight excluding hydrogens is 968 g/mol. The van der Waals surface area contributed by atoms with E-state index in [2.05, 4.69) is 0 Å². The second-order valence-corrected chi connectivity index (χ2v) is 21.1. The van der Waals surface area contributed by atoms with Crippen LogP contribution in [0.5, 0.6) is 0 Å². The van der Waals surface area contributed by atoms with Gasteiger partial charge >= 0.3 is 5.97 Å². The molecule has 5 aliphatic heterocycles. The Morgan fingerprint density at radius 3 is 1.62 bits per heavy atom. The van der Waals surface area contributed by atoms with E-state index in [1.54, 1.807) is 0 Å². The molecule has 3 aliphatic carbocycles. The Labute approximate surface area is 414 Å². The molecule has 5 heterocycles. The number of rotatable bonds is 14. The van der Waals surface area contributed by atoms with Crippen molar-refractivity contribution < 1.29 is 129 Å². The summed E-state index contributed by atoms with van der Waals surface area (Å²) in [6.07, 6.45) is -31.2. The van der Waals surface area contributed by atoms with Crippen molar-refractivity contribution in [1.29, 1.82) is 0 Å². The summed E-state index contributed by atoms with van der Waals surface area (Å²) in [6, 6.07) is 0. The molecule has 8 rings (SSSR count). The van der Waals surface area contributed by atoms with Gasteiger partial charge in [-0.3, -0.25) is 4.79 Å². The van der Waals surface area contributed by atoms with E-state index in [0.29, 0.717) is 51.4 Å². The number of hydrogen-bond donors (Lipinski definition) is 15. The molecular formula is C46H77O26+. The van der Waals surface area contributed by atoms with Crippen molar-refractivity contribution in [1.82, 2.24) is 0 Å². The van der Waals surface area contributed by atoms with Crippen molar-refractivity contribution in [2.24, 2.45) is 17.8 Å². The minimum atomic E-state index is -1.77. The Balaban J connectivity index is 0.853. The van der Waals surface area contributed by atoms with Gasteiger partial charge in [-0.25, -0.2) is 0 Å². The van der Waals surface area contributed by atoms with Crippen molar-refractivity contribution in [2.45, 2.75) is 243 Å². The Morgan fingerprint density at radius 1 is 0.514 bits per heavy atom. The van der Waals surface area contributed by atoms with E-state index >= 15 is 0 Å². The summed E-state index contributed by atoms with van der Waals surface area (Å²) < 4.78 is 57.6. The lowest BCUT2D eigenvalue weighted by molar-refractivity contribution is -0.366. The van der Waals surface area contributed by atoms with Gasteiger partial charge in [0.1, 0.15) is 104 Å². The highest BCUT2D eigenvalue weighted by Gasteiger charge is 2.56. The number of esters is 1. The Morgan fingerprint density at radius 2 is 1.03 bits per heavy atom. The molecule has 0 aromatic heterocycles. The van der Waals surface area contributed by atoms with Crippen LogP contribution in [0.2, 0.25) is 0 Å². The fraction of sp³-hybridized carbons (Fsp3) is 0.978. The van der Waals surface area contributed by atoms with E-state index < -0.39 is 203 Å². The molecule has 26 heteroatoms. The number of carbonyl (C=O) groups is 1. The van der Waals surface area contributed by atoms with Crippen LogP contribution in [0.4, 0.5) is 0 Å². The highest BCUT2D eigenvalue weighted by molar-refractivity contribution is 5.72. The molecule has 16 N–H and O–H groups in total. The van der Waals surface area contributed by atoms with Crippen LogP contribution in [0, 0.1) is 17.8 Å². The predicted molar refractivity (Wildman–Crippen MR) is 234 cm³/mol. The smallest absolute Gasteiger partial charge is 0.309 e. The Hall–Kier alpha value is -1.49. The average Bonchev–Trinajstić information content (AvgIpc) is 3.37. The largest absolute Gasteiger partial charge is 0.463 e. The van der Waals surface area contributed by atoms with Gasteiger partial charge in [0.15, 0.2) is 37.4 Å². The number of ether oxygens (including phenoxy) is 10. The van der Waals surface area contributed by atoms with Gasteiger partial charge in [0.25, 0.3) is 0 Å². The van der Waals surface area contributed by atoms with Crippen molar-refractivity contribution in [3.8, 4) is 0 Å². The first kappa shape index (κ1) is 56.7. The summed E-state index contributed by atoms with van der Waals surface area (Å²) in [5.41, 5.74) is 0. The van der Waals surface area contributed by atoms with Crippen LogP contribution in [0.3, 0.4) is 0 Å². The topological polar surface area (TPSA) is 416 Å². The summed E-state index contributed by atoms with van der Waals surface area (Å²) in [6.45, 7) is -0.146. The van der Waals surface area contributed by atoms with Crippen molar-refractivity contribution in [3.05, 3.63) is 0 Å². The van der Waals surface area contributed by atoms with Crippen molar-refractivity contribution >= 4 is 5.97 Å². The predicted octanol–water partition coefficient (Wildman–Crippen LogP) is -6.87. The second kappa shape index (κ2) is 24.5. The molecule has 0 aromatic carbocycles. The summed E-state index contributed by atoms with van der Waals surface area (Å²) in [5, 5.41) is 158. The summed E-state index contributed by atoms with van der Waals surface area (Å²) in [7, 11) is 0. The van der Waals surface area contributed by atoms with E-state index in [1.807, 2.05) is 0 Å². The first-order valence-corrected chi connectivity index (χ1v) is 25.4. The van der Waals surface area contributed by atoms with Gasteiger partial charge in [-0.15, -0.1) is 0 Å². The quantitative estimate of drug-likeness (QED) is 0.0568. The maximum absolute atomic E-state index is 13.2. The SMILES string of the molecule is C[C@@H]1O[C@@H](OC[C@H]2O[C@@H](OC3CC4C(O)CC(O[C@@H]5O[C@H](COC(=O)C6CCC(O[C@@H]7O[C@H](CO)[C@@H](O)[C@H](O)[C@H]7O)CC6)[C@@H](O)[C@H](O)[C@H]5O)CC4[OH+]C3C3CCC(O)CC3)[C@H](O)[C@@H](O)[C@@H]2O)[C@H](O)[C@H](O)[C@H]1O. The zero-order chi connectivity index (χ0) is 51.9. The number of hydrogen-bond acceptors (Lipinski definition) is 25. The van der Waals surface area contributed by atoms with Crippen LogP contribution in [0.15, 0.2) is 0 Å². The van der Waals surface area contributed by atoms with Gasteiger partial charge < -0.3 is 124 Å². The van der Waals surface area contributed by atoms with Crippen LogP contribution in [-0.4, -0.2) is 273 Å². The highest BCUT2D eigenvalue weighted by atomic mass is 16.7. The molecule has 0 radical (unpaired) electrons. The number of fused-ring (bicyclic) bond motifs is 1. The van der Waals surface area contributed by atoms with Gasteiger partial charge in [0, 0.05) is 18.8 Å². The van der Waals surface area contributed by atoms with E-state index in [-0.39, 0.29) is 25.2 Å². The molecule has 3 saturated carbocycles. The molecule has 8 aliphatic rings. The van der Waals surface area contributed by atoms with Gasteiger partial charge in [-0.2, -0.15) is 0 Å². The Bertz CT molecular complexity index is 1700. The lowest BCUT2D eigenvalue weighted by Gasteiger charge is -2.49. The maximum Gasteiger partial charge on any atom is 0.309 e. The highest BCUT2D eigenvalue weighted by Crippen LogP contribution is 2.43. The first-order chi connectivity index (χ1) is 34.2. The summed E-state index contributed by atoms with van der Waals surface area (Å²) >= 11 is 0. The molecule has 26 nitrogen and oxygen atoms in total. The third-order valence-corrected chi connectivity index (χ3v) is 16.2. The lowest BCUT2D eigenvalue weighted by atomic mass is 9.73. The van der Waals surface area contributed by atoms with Gasteiger partial charge in [0.05, 0.1) is 55.6 Å². The number of aliphatic hydroxyl groups is 17. The van der Waals surface area contributed by atoms with E-state index in [4.69, 9.17) is 47.4 Å². The molecule has 416 valence electrons. The molecule has 0 amide bonds. The lowest BCUT2D eigenvalue weighted by Crippen LogP contribution is -2.64. The fourth-order valence-corrected chi connectivity index (χ4v) is 11.7. The monoisotopic (exact) mass is 1050 g/mol. The average molecular weight is 1050 g/mol. The molecule has 6 unspecified atom stereocenters.